The minimum absolute atomic E-state index is 0.685. The molecule has 1 saturated carbocycles. The van der Waals surface area contributed by atoms with Gasteiger partial charge in [-0.2, -0.15) is 0 Å². The number of halogens is 1. The van der Waals surface area contributed by atoms with E-state index in [1.54, 1.807) is 7.11 Å². The maximum absolute atomic E-state index is 6.42. The van der Waals surface area contributed by atoms with E-state index in [1.807, 2.05) is 0 Å². The molecule has 0 amide bonds. The lowest BCUT2D eigenvalue weighted by atomic mass is 9.85. The van der Waals surface area contributed by atoms with Crippen LogP contribution in [0.3, 0.4) is 0 Å². The topological polar surface area (TPSA) is 21.3 Å². The van der Waals surface area contributed by atoms with Gasteiger partial charge in [0.15, 0.2) is 0 Å². The summed E-state index contributed by atoms with van der Waals surface area (Å²) in [5.41, 5.74) is 2.53. The molecule has 1 unspecified atom stereocenters. The third kappa shape index (κ3) is 5.28. The van der Waals surface area contributed by atoms with Crippen LogP contribution in [-0.4, -0.2) is 26.8 Å². The summed E-state index contributed by atoms with van der Waals surface area (Å²) in [5.74, 6) is 1.53. The summed E-state index contributed by atoms with van der Waals surface area (Å²) in [7, 11) is 1.75. The van der Waals surface area contributed by atoms with E-state index in [-0.39, 0.29) is 0 Å². The molecule has 0 spiro atoms. The number of methoxy groups -OCH3 is 1. The van der Waals surface area contributed by atoms with E-state index in [0.29, 0.717) is 5.92 Å². The molecule has 118 valence electrons. The van der Waals surface area contributed by atoms with Crippen LogP contribution in [0.25, 0.3) is 0 Å². The highest BCUT2D eigenvalue weighted by molar-refractivity contribution is 6.31. The average molecular weight is 310 g/mol. The molecule has 1 aliphatic carbocycles. The third-order valence-corrected chi connectivity index (χ3v) is 5.00. The Bertz CT molecular complexity index is 429. The molecule has 0 radical (unpaired) electrons. The molecule has 0 aliphatic heterocycles. The number of rotatable bonds is 8. The normalized spacial score (nSPS) is 17.3. The predicted octanol–water partition coefficient (Wildman–Crippen LogP) is 4.23. The van der Waals surface area contributed by atoms with Crippen LogP contribution < -0.4 is 5.32 Å². The van der Waals surface area contributed by atoms with Crippen molar-refractivity contribution < 1.29 is 4.74 Å². The van der Waals surface area contributed by atoms with Crippen molar-refractivity contribution in [3.05, 3.63) is 34.3 Å². The van der Waals surface area contributed by atoms with Crippen LogP contribution >= 0.6 is 11.6 Å². The Balaban J connectivity index is 1.96. The van der Waals surface area contributed by atoms with Crippen LogP contribution in [0.4, 0.5) is 0 Å². The monoisotopic (exact) mass is 309 g/mol. The zero-order valence-corrected chi connectivity index (χ0v) is 14.1. The van der Waals surface area contributed by atoms with Gasteiger partial charge < -0.3 is 10.1 Å². The molecule has 1 N–H and O–H groups in total. The van der Waals surface area contributed by atoms with Gasteiger partial charge in [-0.15, -0.1) is 0 Å². The molecule has 0 bridgehead atoms. The number of hydrogen-bond acceptors (Lipinski definition) is 2. The first-order valence-corrected chi connectivity index (χ1v) is 8.53. The van der Waals surface area contributed by atoms with Crippen LogP contribution in [0, 0.1) is 18.8 Å². The van der Waals surface area contributed by atoms with Crippen LogP contribution in [0.2, 0.25) is 5.02 Å². The number of nitrogens with one attached hydrogen (secondary N) is 1. The molecule has 1 aromatic carbocycles. The standard InChI is InChI=1S/C18H28ClNO/c1-14-7-8-16(18(19)11-14)12-17(13-20-9-10-21-2)15-5-3-4-6-15/h7-8,11,15,17,20H,3-6,9-10,12-13H2,1-2H3. The molecular weight excluding hydrogens is 282 g/mol. The van der Waals surface area contributed by atoms with Gasteiger partial charge in [0.1, 0.15) is 0 Å². The second kappa shape index (κ2) is 8.77. The highest BCUT2D eigenvalue weighted by Gasteiger charge is 2.25. The fourth-order valence-electron chi connectivity index (χ4n) is 3.40. The minimum Gasteiger partial charge on any atom is -0.383 e. The Morgan fingerprint density at radius 1 is 1.33 bits per heavy atom. The molecular formula is C18H28ClNO. The maximum Gasteiger partial charge on any atom is 0.0587 e. The Morgan fingerprint density at radius 3 is 2.76 bits per heavy atom. The number of benzene rings is 1. The first-order valence-electron chi connectivity index (χ1n) is 8.15. The summed E-state index contributed by atoms with van der Waals surface area (Å²) in [4.78, 5) is 0. The van der Waals surface area contributed by atoms with Crippen molar-refractivity contribution in [3.63, 3.8) is 0 Å². The second-order valence-electron chi connectivity index (χ2n) is 6.30. The van der Waals surface area contributed by atoms with Gasteiger partial charge in [-0.05, 0) is 48.9 Å². The van der Waals surface area contributed by atoms with Gasteiger partial charge in [0, 0.05) is 18.7 Å². The molecule has 1 atom stereocenters. The third-order valence-electron chi connectivity index (χ3n) is 4.65. The summed E-state index contributed by atoms with van der Waals surface area (Å²) in [6, 6.07) is 6.46. The van der Waals surface area contributed by atoms with Gasteiger partial charge in [0.25, 0.3) is 0 Å². The number of aryl methyl sites for hydroxylation is 1. The molecule has 1 aromatic rings. The molecule has 2 nitrogen and oxygen atoms in total. The van der Waals surface area contributed by atoms with Crippen molar-refractivity contribution in [1.29, 1.82) is 0 Å². The van der Waals surface area contributed by atoms with Gasteiger partial charge >= 0.3 is 0 Å². The molecule has 21 heavy (non-hydrogen) atoms. The first kappa shape index (κ1) is 16.8. The van der Waals surface area contributed by atoms with Crippen molar-refractivity contribution in [2.75, 3.05) is 26.8 Å². The summed E-state index contributed by atoms with van der Waals surface area (Å²) in [6.45, 7) is 4.87. The quantitative estimate of drug-likeness (QED) is 0.725. The molecule has 1 aliphatic rings. The van der Waals surface area contributed by atoms with E-state index in [4.69, 9.17) is 16.3 Å². The fraction of sp³-hybridized carbons (Fsp3) is 0.667. The van der Waals surface area contributed by atoms with Crippen LogP contribution in [0.5, 0.6) is 0 Å². The Morgan fingerprint density at radius 2 is 2.10 bits per heavy atom. The Hall–Kier alpha value is -0.570. The Labute approximate surface area is 134 Å². The lowest BCUT2D eigenvalue weighted by molar-refractivity contribution is 0.195. The van der Waals surface area contributed by atoms with Gasteiger partial charge in [0.2, 0.25) is 0 Å². The zero-order chi connectivity index (χ0) is 15.1. The van der Waals surface area contributed by atoms with Crippen LogP contribution in [0.15, 0.2) is 18.2 Å². The van der Waals surface area contributed by atoms with Crippen molar-refractivity contribution >= 4 is 11.6 Å². The average Bonchev–Trinajstić information content (AvgIpc) is 2.98. The number of hydrogen-bond donors (Lipinski definition) is 1. The van der Waals surface area contributed by atoms with Crippen molar-refractivity contribution in [2.45, 2.75) is 39.0 Å². The lowest BCUT2D eigenvalue weighted by Gasteiger charge is -2.24. The minimum atomic E-state index is 0.685. The maximum atomic E-state index is 6.42. The SMILES string of the molecule is COCCNCC(Cc1ccc(C)cc1Cl)C1CCCC1. The van der Waals surface area contributed by atoms with E-state index in [2.05, 4.69) is 30.4 Å². The van der Waals surface area contributed by atoms with Gasteiger partial charge in [-0.3, -0.25) is 0 Å². The molecule has 1 fully saturated rings. The highest BCUT2D eigenvalue weighted by atomic mass is 35.5. The van der Waals surface area contributed by atoms with Crippen LogP contribution in [-0.2, 0) is 11.2 Å². The largest absolute Gasteiger partial charge is 0.383 e. The van der Waals surface area contributed by atoms with E-state index < -0.39 is 0 Å². The lowest BCUT2D eigenvalue weighted by Crippen LogP contribution is -2.31. The summed E-state index contributed by atoms with van der Waals surface area (Å²) in [5, 5.41) is 4.47. The smallest absolute Gasteiger partial charge is 0.0587 e. The van der Waals surface area contributed by atoms with Gasteiger partial charge in [0.05, 0.1) is 6.61 Å². The van der Waals surface area contributed by atoms with Gasteiger partial charge in [-0.25, -0.2) is 0 Å². The van der Waals surface area contributed by atoms with Crippen LogP contribution in [0.1, 0.15) is 36.8 Å². The molecule has 2 rings (SSSR count). The van der Waals surface area contributed by atoms with Crippen molar-refractivity contribution in [2.24, 2.45) is 11.8 Å². The molecule has 0 heterocycles. The summed E-state index contributed by atoms with van der Waals surface area (Å²) < 4.78 is 5.12. The van der Waals surface area contributed by atoms with E-state index in [1.165, 1.54) is 36.8 Å². The van der Waals surface area contributed by atoms with E-state index >= 15 is 0 Å². The summed E-state index contributed by atoms with van der Waals surface area (Å²) >= 11 is 6.42. The molecule has 0 aromatic heterocycles. The highest BCUT2D eigenvalue weighted by Crippen LogP contribution is 2.34. The Kier molecular flexibility index (Phi) is 7.01. The summed E-state index contributed by atoms with van der Waals surface area (Å²) in [6.07, 6.45) is 6.62. The number of ether oxygens (including phenoxy) is 1. The van der Waals surface area contributed by atoms with Gasteiger partial charge in [-0.1, -0.05) is 49.4 Å². The van der Waals surface area contributed by atoms with Crippen molar-refractivity contribution in [1.82, 2.24) is 5.32 Å². The van der Waals surface area contributed by atoms with E-state index in [0.717, 1.165) is 37.1 Å². The molecule has 0 saturated heterocycles. The fourth-order valence-corrected chi connectivity index (χ4v) is 3.71. The zero-order valence-electron chi connectivity index (χ0n) is 13.3. The van der Waals surface area contributed by atoms with E-state index in [9.17, 15) is 0 Å². The first-order chi connectivity index (χ1) is 10.2. The second-order valence-corrected chi connectivity index (χ2v) is 6.71. The predicted molar refractivity (Wildman–Crippen MR) is 90.1 cm³/mol. The van der Waals surface area contributed by atoms with Crippen molar-refractivity contribution in [3.8, 4) is 0 Å². The molecule has 3 heteroatoms.